The van der Waals surface area contributed by atoms with Crippen LogP contribution in [0.15, 0.2) is 48.5 Å². The minimum atomic E-state index is 0.00338. The Morgan fingerprint density at radius 1 is 1.18 bits per heavy atom. The van der Waals surface area contributed by atoms with E-state index in [9.17, 15) is 4.79 Å². The average molecular weight is 328 g/mol. The van der Waals surface area contributed by atoms with Crippen LogP contribution in [0.25, 0.3) is 10.1 Å². The molecule has 1 amide bonds. The van der Waals surface area contributed by atoms with Crippen LogP contribution in [0, 0.1) is 0 Å². The Bertz CT molecular complexity index is 886. The first-order valence-electron chi connectivity index (χ1n) is 7.25. The molecule has 0 radical (unpaired) electrons. The molecular weight excluding hydrogens is 314 g/mol. The van der Waals surface area contributed by atoms with Crippen molar-refractivity contribution in [3.05, 3.63) is 64.0 Å². The Kier molecular flexibility index (Phi) is 3.21. The highest BCUT2D eigenvalue weighted by molar-refractivity contribution is 7.21. The van der Waals surface area contributed by atoms with Crippen molar-refractivity contribution in [2.24, 2.45) is 0 Å². The summed E-state index contributed by atoms with van der Waals surface area (Å²) in [5.41, 5.74) is 2.23. The summed E-state index contributed by atoms with van der Waals surface area (Å²) in [4.78, 5) is 15.6. The summed E-state index contributed by atoms with van der Waals surface area (Å²) in [6, 6.07) is 16.1. The summed E-state index contributed by atoms with van der Waals surface area (Å²) in [6.07, 6.45) is 0.893. The van der Waals surface area contributed by atoms with Gasteiger partial charge in [0.05, 0.1) is 5.02 Å². The van der Waals surface area contributed by atoms with E-state index >= 15 is 0 Å². The van der Waals surface area contributed by atoms with Crippen LogP contribution in [0.5, 0.6) is 0 Å². The molecule has 1 aromatic heterocycles. The molecule has 2 aromatic carbocycles. The Morgan fingerprint density at radius 3 is 2.73 bits per heavy atom. The lowest BCUT2D eigenvalue weighted by molar-refractivity contribution is 0.0985. The van der Waals surface area contributed by atoms with Crippen molar-refractivity contribution in [2.75, 3.05) is 4.90 Å². The van der Waals surface area contributed by atoms with Crippen molar-refractivity contribution >= 4 is 44.6 Å². The lowest BCUT2D eigenvalue weighted by Crippen LogP contribution is -2.35. The number of rotatable bonds is 1. The molecule has 2 nitrogen and oxygen atoms in total. The summed E-state index contributed by atoms with van der Waals surface area (Å²) in [5.74, 6) is 0.00338. The van der Waals surface area contributed by atoms with Crippen molar-refractivity contribution in [3.8, 4) is 0 Å². The number of carbonyl (C=O) groups is 1. The summed E-state index contributed by atoms with van der Waals surface area (Å²) in [7, 11) is 0. The molecule has 0 aliphatic carbocycles. The number of para-hydroxylation sites is 1. The Hall–Kier alpha value is -1.84. The van der Waals surface area contributed by atoms with E-state index in [1.807, 2.05) is 47.4 Å². The van der Waals surface area contributed by atoms with Gasteiger partial charge in [0.25, 0.3) is 5.91 Å². The van der Waals surface area contributed by atoms with Crippen molar-refractivity contribution in [1.29, 1.82) is 0 Å². The van der Waals surface area contributed by atoms with E-state index in [2.05, 4.69) is 13.0 Å². The van der Waals surface area contributed by atoms with E-state index in [0.29, 0.717) is 9.90 Å². The SMILES string of the molecule is CC1Cc2ccccc2N1C(=O)c1sc2ccccc2c1Cl. The molecule has 1 atom stereocenters. The third-order valence-electron chi connectivity index (χ3n) is 4.16. The molecule has 0 spiro atoms. The molecule has 1 unspecified atom stereocenters. The molecule has 0 saturated heterocycles. The third-order valence-corrected chi connectivity index (χ3v) is 5.82. The third kappa shape index (κ3) is 1.97. The Balaban J connectivity index is 1.82. The van der Waals surface area contributed by atoms with E-state index in [0.717, 1.165) is 22.2 Å². The molecule has 1 aliphatic rings. The van der Waals surface area contributed by atoms with Crippen molar-refractivity contribution in [3.63, 3.8) is 0 Å². The van der Waals surface area contributed by atoms with Gasteiger partial charge in [-0.1, -0.05) is 48.0 Å². The second-order valence-electron chi connectivity index (χ2n) is 5.60. The van der Waals surface area contributed by atoms with E-state index in [-0.39, 0.29) is 11.9 Å². The highest BCUT2D eigenvalue weighted by Crippen LogP contribution is 2.39. The lowest BCUT2D eigenvalue weighted by Gasteiger charge is -2.22. The van der Waals surface area contributed by atoms with E-state index in [1.165, 1.54) is 16.9 Å². The van der Waals surface area contributed by atoms with Gasteiger partial charge in [-0.15, -0.1) is 11.3 Å². The zero-order valence-electron chi connectivity index (χ0n) is 12.0. The monoisotopic (exact) mass is 327 g/mol. The zero-order valence-corrected chi connectivity index (χ0v) is 13.6. The Labute approximate surface area is 137 Å². The topological polar surface area (TPSA) is 20.3 Å². The minimum absolute atomic E-state index is 0.00338. The molecule has 1 aliphatic heterocycles. The largest absolute Gasteiger partial charge is 0.304 e. The summed E-state index contributed by atoms with van der Waals surface area (Å²) in [5, 5.41) is 1.53. The van der Waals surface area contributed by atoms with Crippen molar-refractivity contribution in [1.82, 2.24) is 0 Å². The maximum absolute atomic E-state index is 13.1. The molecular formula is C18H14ClNOS. The number of nitrogens with zero attached hydrogens (tertiary/aromatic N) is 1. The maximum atomic E-state index is 13.1. The normalized spacial score (nSPS) is 17.0. The van der Waals surface area contributed by atoms with Crippen molar-refractivity contribution in [2.45, 2.75) is 19.4 Å². The number of benzene rings is 2. The Morgan fingerprint density at radius 2 is 1.91 bits per heavy atom. The number of halogens is 1. The molecule has 0 bridgehead atoms. The fraction of sp³-hybridized carbons (Fsp3) is 0.167. The maximum Gasteiger partial charge on any atom is 0.270 e. The number of amides is 1. The molecule has 3 aromatic rings. The van der Waals surface area contributed by atoms with Gasteiger partial charge in [0.15, 0.2) is 0 Å². The molecule has 110 valence electrons. The summed E-state index contributed by atoms with van der Waals surface area (Å²) >= 11 is 7.94. The molecule has 22 heavy (non-hydrogen) atoms. The number of fused-ring (bicyclic) bond motifs is 2. The van der Waals surface area contributed by atoms with Crippen LogP contribution in [0.2, 0.25) is 5.02 Å². The number of anilines is 1. The number of hydrogen-bond acceptors (Lipinski definition) is 2. The first-order valence-corrected chi connectivity index (χ1v) is 8.45. The van der Waals surface area contributed by atoms with Gasteiger partial charge in [0, 0.05) is 21.8 Å². The first kappa shape index (κ1) is 13.8. The summed E-state index contributed by atoms with van der Waals surface area (Å²) < 4.78 is 1.05. The number of thiophene rings is 1. The molecule has 0 fully saturated rings. The standard InChI is InChI=1S/C18H14ClNOS/c1-11-10-12-6-2-4-8-14(12)20(11)18(21)17-16(19)13-7-3-5-9-15(13)22-17/h2-9,11H,10H2,1H3. The van der Waals surface area contributed by atoms with Crippen molar-refractivity contribution < 1.29 is 4.79 Å². The quantitative estimate of drug-likeness (QED) is 0.605. The van der Waals surface area contributed by atoms with Gasteiger partial charge in [-0.05, 0) is 31.0 Å². The smallest absolute Gasteiger partial charge is 0.270 e. The van der Waals surface area contributed by atoms with Gasteiger partial charge >= 0.3 is 0 Å². The highest BCUT2D eigenvalue weighted by atomic mass is 35.5. The van der Waals surface area contributed by atoms with Crippen LogP contribution in [0.3, 0.4) is 0 Å². The van der Waals surface area contributed by atoms with Crippen LogP contribution in [-0.4, -0.2) is 11.9 Å². The second-order valence-corrected chi connectivity index (χ2v) is 7.03. The van der Waals surface area contributed by atoms with Crippen LogP contribution in [0.4, 0.5) is 5.69 Å². The number of carbonyl (C=O) groups excluding carboxylic acids is 1. The summed E-state index contributed by atoms with van der Waals surface area (Å²) in [6.45, 7) is 2.08. The molecule has 0 saturated carbocycles. The predicted octanol–water partition coefficient (Wildman–Crippen LogP) is 5.15. The van der Waals surface area contributed by atoms with Crippen LogP contribution in [0.1, 0.15) is 22.2 Å². The minimum Gasteiger partial charge on any atom is -0.304 e. The van der Waals surface area contributed by atoms with Gasteiger partial charge in [0.2, 0.25) is 0 Å². The van der Waals surface area contributed by atoms with Gasteiger partial charge in [0.1, 0.15) is 4.88 Å². The molecule has 4 heteroatoms. The first-order chi connectivity index (χ1) is 10.7. The molecule has 4 rings (SSSR count). The number of hydrogen-bond donors (Lipinski definition) is 0. The average Bonchev–Trinajstić information content (AvgIpc) is 3.04. The van der Waals surface area contributed by atoms with E-state index in [4.69, 9.17) is 11.6 Å². The highest BCUT2D eigenvalue weighted by Gasteiger charge is 2.33. The van der Waals surface area contributed by atoms with Crippen LogP contribution in [-0.2, 0) is 6.42 Å². The van der Waals surface area contributed by atoms with Crippen LogP contribution >= 0.6 is 22.9 Å². The molecule has 2 heterocycles. The predicted molar refractivity (Wildman–Crippen MR) is 93.3 cm³/mol. The van der Waals surface area contributed by atoms with Gasteiger partial charge in [-0.25, -0.2) is 0 Å². The zero-order chi connectivity index (χ0) is 15.3. The lowest BCUT2D eigenvalue weighted by atomic mass is 10.1. The fourth-order valence-electron chi connectivity index (χ4n) is 3.14. The van der Waals surface area contributed by atoms with Gasteiger partial charge in [-0.3, -0.25) is 4.79 Å². The second kappa shape index (κ2) is 5.11. The van der Waals surface area contributed by atoms with E-state index < -0.39 is 0 Å². The van der Waals surface area contributed by atoms with E-state index in [1.54, 1.807) is 0 Å². The van der Waals surface area contributed by atoms with Crippen LogP contribution < -0.4 is 4.90 Å². The van der Waals surface area contributed by atoms with Gasteiger partial charge in [-0.2, -0.15) is 0 Å². The van der Waals surface area contributed by atoms with Gasteiger partial charge < -0.3 is 4.90 Å². The fourth-order valence-corrected chi connectivity index (χ4v) is 4.59. The molecule has 0 N–H and O–H groups in total.